The van der Waals surface area contributed by atoms with E-state index >= 15 is 0 Å². The predicted molar refractivity (Wildman–Crippen MR) is 127 cm³/mol. The molecule has 1 aromatic heterocycles. The molecular formula is C25H26N4O5. The average molecular weight is 463 g/mol. The Morgan fingerprint density at radius 1 is 1.03 bits per heavy atom. The van der Waals surface area contributed by atoms with Crippen molar-refractivity contribution >= 4 is 17.5 Å². The number of amides is 2. The zero-order valence-electron chi connectivity index (χ0n) is 19.1. The maximum atomic E-state index is 12.7. The molecule has 2 heterocycles. The first kappa shape index (κ1) is 23.0. The molecule has 1 saturated heterocycles. The topological polar surface area (TPSA) is 103 Å². The molecule has 3 aromatic rings. The number of benzene rings is 2. The van der Waals surface area contributed by atoms with Crippen LogP contribution in [0, 0.1) is 5.92 Å². The molecule has 4 rings (SSSR count). The van der Waals surface area contributed by atoms with Crippen LogP contribution in [-0.2, 0) is 16.1 Å². The van der Waals surface area contributed by atoms with Gasteiger partial charge in [-0.05, 0) is 42.5 Å². The van der Waals surface area contributed by atoms with Crippen molar-refractivity contribution in [1.82, 2.24) is 15.1 Å². The van der Waals surface area contributed by atoms with E-state index in [4.69, 9.17) is 9.47 Å². The van der Waals surface area contributed by atoms with Gasteiger partial charge in [0.05, 0.1) is 32.4 Å². The molecule has 2 aromatic carbocycles. The van der Waals surface area contributed by atoms with Gasteiger partial charge in [0.25, 0.3) is 5.56 Å². The van der Waals surface area contributed by atoms with Crippen molar-refractivity contribution < 1.29 is 19.1 Å². The summed E-state index contributed by atoms with van der Waals surface area (Å²) in [6, 6.07) is 17.7. The van der Waals surface area contributed by atoms with E-state index in [1.165, 1.54) is 10.7 Å². The summed E-state index contributed by atoms with van der Waals surface area (Å²) in [7, 11) is 3.16. The van der Waals surface area contributed by atoms with Crippen LogP contribution in [0.2, 0.25) is 0 Å². The van der Waals surface area contributed by atoms with E-state index < -0.39 is 5.92 Å². The summed E-state index contributed by atoms with van der Waals surface area (Å²) in [5.41, 5.74) is 1.93. The second-order valence-electron chi connectivity index (χ2n) is 7.91. The Morgan fingerprint density at radius 2 is 1.79 bits per heavy atom. The highest BCUT2D eigenvalue weighted by atomic mass is 16.5. The summed E-state index contributed by atoms with van der Waals surface area (Å²) < 4.78 is 11.7. The van der Waals surface area contributed by atoms with Gasteiger partial charge in [-0.15, -0.1) is 0 Å². The monoisotopic (exact) mass is 462 g/mol. The van der Waals surface area contributed by atoms with Gasteiger partial charge < -0.3 is 19.7 Å². The number of hydrogen-bond acceptors (Lipinski definition) is 6. The number of methoxy groups -OCH3 is 2. The zero-order valence-corrected chi connectivity index (χ0v) is 19.1. The Balaban J connectivity index is 1.35. The lowest BCUT2D eigenvalue weighted by atomic mass is 10.1. The number of ether oxygens (including phenoxy) is 2. The minimum atomic E-state index is -0.464. The smallest absolute Gasteiger partial charge is 0.266 e. The molecular weight excluding hydrogens is 436 g/mol. The second-order valence-corrected chi connectivity index (χ2v) is 7.91. The van der Waals surface area contributed by atoms with E-state index in [0.29, 0.717) is 23.7 Å². The number of aromatic nitrogens is 2. The van der Waals surface area contributed by atoms with Crippen molar-refractivity contribution in [2.75, 3.05) is 32.2 Å². The van der Waals surface area contributed by atoms with E-state index in [2.05, 4.69) is 10.4 Å². The normalized spacial score (nSPS) is 15.3. The van der Waals surface area contributed by atoms with Gasteiger partial charge in [-0.1, -0.05) is 6.07 Å². The first-order chi connectivity index (χ1) is 16.5. The lowest BCUT2D eigenvalue weighted by Gasteiger charge is -2.17. The van der Waals surface area contributed by atoms with Gasteiger partial charge in [0, 0.05) is 42.9 Å². The molecule has 34 heavy (non-hydrogen) atoms. The Bertz CT molecular complexity index is 1240. The third-order valence-electron chi connectivity index (χ3n) is 5.74. The van der Waals surface area contributed by atoms with Crippen LogP contribution in [-0.4, -0.2) is 48.9 Å². The van der Waals surface area contributed by atoms with Crippen molar-refractivity contribution in [3.05, 3.63) is 71.0 Å². The van der Waals surface area contributed by atoms with Crippen molar-refractivity contribution in [3.8, 4) is 22.8 Å². The quantitative estimate of drug-likeness (QED) is 0.550. The molecule has 0 radical (unpaired) electrons. The van der Waals surface area contributed by atoms with E-state index in [9.17, 15) is 14.4 Å². The maximum absolute atomic E-state index is 12.7. The molecule has 1 fully saturated rings. The molecule has 9 nitrogen and oxygen atoms in total. The lowest BCUT2D eigenvalue weighted by molar-refractivity contribution is -0.126. The molecule has 1 aliphatic heterocycles. The minimum absolute atomic E-state index is 0.113. The summed E-state index contributed by atoms with van der Waals surface area (Å²) in [6.45, 7) is 0.736. The Kier molecular flexibility index (Phi) is 6.91. The van der Waals surface area contributed by atoms with Crippen molar-refractivity contribution in [1.29, 1.82) is 0 Å². The number of nitrogens with zero attached hydrogens (tertiary/aromatic N) is 3. The first-order valence-electron chi connectivity index (χ1n) is 10.9. The number of carbonyl (C=O) groups excluding carboxylic acids is 2. The molecule has 0 saturated carbocycles. The highest BCUT2D eigenvalue weighted by Gasteiger charge is 2.35. The van der Waals surface area contributed by atoms with E-state index in [1.807, 2.05) is 30.3 Å². The summed E-state index contributed by atoms with van der Waals surface area (Å²) in [5, 5.41) is 7.24. The third-order valence-corrected chi connectivity index (χ3v) is 5.74. The van der Waals surface area contributed by atoms with E-state index in [0.717, 1.165) is 11.3 Å². The van der Waals surface area contributed by atoms with Gasteiger partial charge in [-0.3, -0.25) is 14.4 Å². The molecule has 0 aliphatic carbocycles. The molecule has 2 amide bonds. The maximum Gasteiger partial charge on any atom is 0.266 e. The minimum Gasteiger partial charge on any atom is -0.497 e. The number of nitrogens with one attached hydrogen (secondary N) is 1. The molecule has 0 spiro atoms. The fourth-order valence-corrected chi connectivity index (χ4v) is 3.87. The zero-order chi connectivity index (χ0) is 24.1. The molecule has 0 bridgehead atoms. The van der Waals surface area contributed by atoms with Crippen molar-refractivity contribution in [3.63, 3.8) is 0 Å². The van der Waals surface area contributed by atoms with Crippen molar-refractivity contribution in [2.24, 2.45) is 5.92 Å². The standard InChI is InChI=1S/C25H26N4O5/c1-33-20-8-6-17(7-9-20)22-10-11-23(30)29(27-22)13-12-26-25(32)18-14-24(31)28(16-18)19-4-3-5-21(15-19)34-2/h3-11,15,18H,12-14,16H2,1-2H3,(H,26,32). The molecule has 1 N–H and O–H groups in total. The SMILES string of the molecule is COc1ccc(-c2ccc(=O)n(CCNC(=O)C3CC(=O)N(c4cccc(OC)c4)C3)n2)cc1. The number of anilines is 1. The largest absolute Gasteiger partial charge is 0.497 e. The predicted octanol–water partition coefficient (Wildman–Crippen LogP) is 2.10. The fourth-order valence-electron chi connectivity index (χ4n) is 3.87. The fraction of sp³-hybridized carbons (Fsp3) is 0.280. The Morgan fingerprint density at radius 3 is 2.53 bits per heavy atom. The average Bonchev–Trinajstić information content (AvgIpc) is 3.27. The summed E-state index contributed by atoms with van der Waals surface area (Å²) >= 11 is 0. The molecule has 1 atom stereocenters. The number of rotatable bonds is 8. The van der Waals surface area contributed by atoms with Crippen LogP contribution in [0.25, 0.3) is 11.3 Å². The molecule has 9 heteroatoms. The third kappa shape index (κ3) is 5.09. The summed E-state index contributed by atoms with van der Waals surface area (Å²) in [6.07, 6.45) is 0.133. The molecule has 176 valence electrons. The van der Waals surface area contributed by atoms with Crippen LogP contribution in [0.3, 0.4) is 0 Å². The van der Waals surface area contributed by atoms with Gasteiger partial charge in [-0.2, -0.15) is 5.10 Å². The van der Waals surface area contributed by atoms with Gasteiger partial charge in [0.2, 0.25) is 11.8 Å². The van der Waals surface area contributed by atoms with E-state index in [1.54, 1.807) is 43.4 Å². The van der Waals surface area contributed by atoms with Gasteiger partial charge >= 0.3 is 0 Å². The molecule has 1 aliphatic rings. The highest BCUT2D eigenvalue weighted by Crippen LogP contribution is 2.28. The van der Waals surface area contributed by atoms with Crippen molar-refractivity contribution in [2.45, 2.75) is 13.0 Å². The number of carbonyl (C=O) groups is 2. The summed E-state index contributed by atoms with van der Waals surface area (Å²) in [5.74, 6) is 0.578. The molecule has 1 unspecified atom stereocenters. The summed E-state index contributed by atoms with van der Waals surface area (Å²) in [4.78, 5) is 39.0. The van der Waals surface area contributed by atoms with Crippen LogP contribution >= 0.6 is 0 Å². The van der Waals surface area contributed by atoms with Crippen LogP contribution in [0.4, 0.5) is 5.69 Å². The lowest BCUT2D eigenvalue weighted by Crippen LogP contribution is -2.36. The van der Waals surface area contributed by atoms with Crippen LogP contribution in [0.5, 0.6) is 11.5 Å². The Labute approximate surface area is 196 Å². The van der Waals surface area contributed by atoms with Crippen LogP contribution < -0.4 is 25.2 Å². The highest BCUT2D eigenvalue weighted by molar-refractivity contribution is 6.00. The van der Waals surface area contributed by atoms with Gasteiger partial charge in [0.1, 0.15) is 11.5 Å². The van der Waals surface area contributed by atoms with E-state index in [-0.39, 0.29) is 36.9 Å². The Hall–Kier alpha value is -4.14. The first-order valence-corrected chi connectivity index (χ1v) is 10.9. The van der Waals surface area contributed by atoms with Gasteiger partial charge in [-0.25, -0.2) is 4.68 Å². The second kappa shape index (κ2) is 10.2. The number of hydrogen-bond donors (Lipinski definition) is 1. The van der Waals surface area contributed by atoms with Crippen LogP contribution in [0.15, 0.2) is 65.5 Å². The van der Waals surface area contributed by atoms with Crippen LogP contribution in [0.1, 0.15) is 6.42 Å². The van der Waals surface area contributed by atoms with Gasteiger partial charge in [0.15, 0.2) is 0 Å².